The van der Waals surface area contributed by atoms with Crippen LogP contribution < -0.4 is 14.9 Å². The number of amides is 1. The van der Waals surface area contributed by atoms with Crippen LogP contribution in [0.5, 0.6) is 0 Å². The Morgan fingerprint density at radius 2 is 1.63 bits per heavy atom. The highest BCUT2D eigenvalue weighted by Gasteiger charge is 2.23. The lowest BCUT2D eigenvalue weighted by atomic mass is 9.98. The number of anilines is 2. The van der Waals surface area contributed by atoms with Gasteiger partial charge in [0.2, 0.25) is 10.0 Å². The summed E-state index contributed by atoms with van der Waals surface area (Å²) in [7, 11) is -3.65. The van der Waals surface area contributed by atoms with Crippen LogP contribution in [0.3, 0.4) is 0 Å². The van der Waals surface area contributed by atoms with Crippen molar-refractivity contribution in [1.29, 1.82) is 0 Å². The largest absolute Gasteiger partial charge is 0.379 e. The zero-order chi connectivity index (χ0) is 26.4. The second kappa shape index (κ2) is 12.0. The quantitative estimate of drug-likeness (QED) is 0.438. The van der Waals surface area contributed by atoms with Crippen molar-refractivity contribution < 1.29 is 17.9 Å². The van der Waals surface area contributed by atoms with Gasteiger partial charge in [0.1, 0.15) is 0 Å². The third-order valence-electron chi connectivity index (χ3n) is 7.00. The third-order valence-corrected chi connectivity index (χ3v) is 8.26. The maximum absolute atomic E-state index is 13.4. The van der Waals surface area contributed by atoms with Crippen LogP contribution in [0.1, 0.15) is 27.0 Å². The number of carbonyl (C=O) groups excluding carboxylic acids is 1. The van der Waals surface area contributed by atoms with E-state index in [0.717, 1.165) is 38.3 Å². The Labute approximate surface area is 224 Å². The molecule has 1 fully saturated rings. The number of rotatable bonds is 9. The van der Waals surface area contributed by atoms with E-state index in [4.69, 9.17) is 4.74 Å². The Bertz CT molecular complexity index is 1360. The molecule has 38 heavy (non-hydrogen) atoms. The summed E-state index contributed by atoms with van der Waals surface area (Å²) in [6.07, 6.45) is 0.889. The van der Waals surface area contributed by atoms with Gasteiger partial charge in [-0.1, -0.05) is 54.6 Å². The van der Waals surface area contributed by atoms with E-state index in [0.29, 0.717) is 43.1 Å². The lowest BCUT2D eigenvalue weighted by molar-refractivity contribution is 0.0383. The van der Waals surface area contributed by atoms with Crippen LogP contribution in [-0.2, 0) is 33.5 Å². The number of nitrogens with one attached hydrogen (secondary N) is 2. The summed E-state index contributed by atoms with van der Waals surface area (Å²) in [5.74, 6) is -0.351. The Hall–Kier alpha value is -3.40. The molecule has 2 heterocycles. The minimum atomic E-state index is -3.65. The zero-order valence-electron chi connectivity index (χ0n) is 21.4. The molecule has 0 bridgehead atoms. The molecule has 1 saturated heterocycles. The topological polar surface area (TPSA) is 91.0 Å². The summed E-state index contributed by atoms with van der Waals surface area (Å²) in [5.41, 5.74) is 4.90. The molecule has 0 radical (unpaired) electrons. The molecular weight excluding hydrogens is 500 g/mol. The minimum absolute atomic E-state index is 0.139. The van der Waals surface area contributed by atoms with Crippen LogP contribution in [0, 0.1) is 0 Å². The number of benzene rings is 3. The van der Waals surface area contributed by atoms with Gasteiger partial charge < -0.3 is 15.0 Å². The van der Waals surface area contributed by atoms with Crippen molar-refractivity contribution in [2.45, 2.75) is 18.7 Å². The van der Waals surface area contributed by atoms with E-state index in [2.05, 4.69) is 38.0 Å². The van der Waals surface area contributed by atoms with E-state index in [9.17, 15) is 13.2 Å². The van der Waals surface area contributed by atoms with Gasteiger partial charge in [0.05, 0.1) is 24.5 Å². The van der Waals surface area contributed by atoms with Gasteiger partial charge in [-0.2, -0.15) is 0 Å². The number of fused-ring (bicyclic) bond motifs is 1. The van der Waals surface area contributed by atoms with Crippen molar-refractivity contribution in [3.63, 3.8) is 0 Å². The first-order valence-corrected chi connectivity index (χ1v) is 14.7. The minimum Gasteiger partial charge on any atom is -0.379 e. The van der Waals surface area contributed by atoms with E-state index in [1.54, 1.807) is 24.3 Å². The number of morpholine rings is 1. The molecule has 3 aromatic rings. The van der Waals surface area contributed by atoms with Crippen molar-refractivity contribution in [1.82, 2.24) is 10.2 Å². The summed E-state index contributed by atoms with van der Waals surface area (Å²) >= 11 is 0. The lowest BCUT2D eigenvalue weighted by Crippen LogP contribution is -2.41. The maximum atomic E-state index is 13.4. The molecule has 8 nitrogen and oxygen atoms in total. The number of hydrogen-bond acceptors (Lipinski definition) is 6. The van der Waals surface area contributed by atoms with Crippen LogP contribution >= 0.6 is 0 Å². The molecule has 0 aromatic heterocycles. The fraction of sp³-hybridized carbons (Fsp3) is 0.345. The molecule has 2 aliphatic heterocycles. The Morgan fingerprint density at radius 1 is 0.895 bits per heavy atom. The Balaban J connectivity index is 1.35. The van der Waals surface area contributed by atoms with Crippen LogP contribution in [0.4, 0.5) is 11.4 Å². The van der Waals surface area contributed by atoms with Gasteiger partial charge in [-0.15, -0.1) is 0 Å². The molecule has 200 valence electrons. The zero-order valence-corrected chi connectivity index (χ0v) is 22.3. The van der Waals surface area contributed by atoms with E-state index in [1.165, 1.54) is 11.1 Å². The Morgan fingerprint density at radius 3 is 2.42 bits per heavy atom. The predicted molar refractivity (Wildman–Crippen MR) is 150 cm³/mol. The molecule has 0 unspecified atom stereocenters. The number of ether oxygens (including phenoxy) is 1. The van der Waals surface area contributed by atoms with Crippen molar-refractivity contribution in [3.8, 4) is 0 Å². The predicted octanol–water partition coefficient (Wildman–Crippen LogP) is 3.25. The van der Waals surface area contributed by atoms with Crippen molar-refractivity contribution >= 4 is 27.3 Å². The van der Waals surface area contributed by atoms with E-state index >= 15 is 0 Å². The fourth-order valence-corrected chi connectivity index (χ4v) is 6.20. The van der Waals surface area contributed by atoms with Gasteiger partial charge in [0.25, 0.3) is 5.91 Å². The SMILES string of the molecule is O=C(NCCN1CCOCC1)c1cc(NS(=O)(=O)Cc2ccccc2)ccc1N1CCc2ccccc2C1. The Kier molecular flexibility index (Phi) is 8.26. The molecule has 0 aliphatic carbocycles. The summed E-state index contributed by atoms with van der Waals surface area (Å²) in [6.45, 7) is 5.85. The van der Waals surface area contributed by atoms with E-state index in [1.807, 2.05) is 30.3 Å². The van der Waals surface area contributed by atoms with Gasteiger partial charge in [-0.25, -0.2) is 8.42 Å². The second-order valence-corrected chi connectivity index (χ2v) is 11.5. The van der Waals surface area contributed by atoms with Crippen molar-refractivity contribution in [2.75, 3.05) is 55.6 Å². The van der Waals surface area contributed by atoms with Gasteiger partial charge in [-0.05, 0) is 41.3 Å². The summed E-state index contributed by atoms with van der Waals surface area (Å²) in [4.78, 5) is 17.9. The fourth-order valence-electron chi connectivity index (χ4n) is 5.02. The first-order chi connectivity index (χ1) is 18.5. The standard InChI is InChI=1S/C29H34N4O4S/c34-29(30-13-15-32-16-18-37-19-17-32)27-20-26(31-38(35,36)22-23-6-2-1-3-7-23)10-11-28(27)33-14-12-24-8-4-5-9-25(24)21-33/h1-11,20,31H,12-19,21-22H2,(H,30,34). The van der Waals surface area contributed by atoms with Gasteiger partial charge in [-0.3, -0.25) is 14.4 Å². The molecular formula is C29H34N4O4S. The molecule has 2 N–H and O–H groups in total. The highest BCUT2D eigenvalue weighted by molar-refractivity contribution is 7.91. The highest BCUT2D eigenvalue weighted by atomic mass is 32.2. The molecule has 5 rings (SSSR count). The van der Waals surface area contributed by atoms with Crippen molar-refractivity contribution in [2.24, 2.45) is 0 Å². The van der Waals surface area contributed by atoms with Crippen molar-refractivity contribution in [3.05, 3.63) is 95.1 Å². The van der Waals surface area contributed by atoms with Gasteiger partial charge >= 0.3 is 0 Å². The highest BCUT2D eigenvalue weighted by Crippen LogP contribution is 2.30. The summed E-state index contributed by atoms with van der Waals surface area (Å²) < 4.78 is 33.8. The monoisotopic (exact) mass is 534 g/mol. The molecule has 0 atom stereocenters. The van der Waals surface area contributed by atoms with Crippen LogP contribution in [0.2, 0.25) is 0 Å². The molecule has 9 heteroatoms. The normalized spacial score (nSPS) is 16.1. The lowest BCUT2D eigenvalue weighted by Gasteiger charge is -2.32. The molecule has 0 saturated carbocycles. The second-order valence-electron chi connectivity index (χ2n) is 9.73. The average molecular weight is 535 g/mol. The van der Waals surface area contributed by atoms with Crippen LogP contribution in [0.15, 0.2) is 72.8 Å². The van der Waals surface area contributed by atoms with E-state index < -0.39 is 10.0 Å². The van der Waals surface area contributed by atoms with Gasteiger partial charge in [0.15, 0.2) is 0 Å². The number of sulfonamides is 1. The first-order valence-electron chi connectivity index (χ1n) is 13.1. The number of carbonyl (C=O) groups is 1. The average Bonchev–Trinajstić information content (AvgIpc) is 2.93. The first kappa shape index (κ1) is 26.2. The maximum Gasteiger partial charge on any atom is 0.253 e. The third kappa shape index (κ3) is 6.72. The summed E-state index contributed by atoms with van der Waals surface area (Å²) in [6, 6.07) is 22.7. The molecule has 2 aliphatic rings. The number of nitrogens with zero attached hydrogens (tertiary/aromatic N) is 2. The smallest absolute Gasteiger partial charge is 0.253 e. The van der Waals surface area contributed by atoms with E-state index in [-0.39, 0.29) is 11.7 Å². The molecule has 3 aromatic carbocycles. The van der Waals surface area contributed by atoms with Crippen LogP contribution in [-0.4, -0.2) is 65.2 Å². The molecule has 0 spiro atoms. The van der Waals surface area contributed by atoms with Crippen LogP contribution in [0.25, 0.3) is 0 Å². The number of hydrogen-bond donors (Lipinski definition) is 2. The summed E-state index contributed by atoms with van der Waals surface area (Å²) in [5, 5.41) is 3.05. The molecule has 1 amide bonds. The van der Waals surface area contributed by atoms with Gasteiger partial charge in [0, 0.05) is 50.6 Å².